The van der Waals surface area contributed by atoms with Crippen LogP contribution in [0.25, 0.3) is 0 Å². The van der Waals surface area contributed by atoms with Crippen LogP contribution in [0.1, 0.15) is 18.4 Å². The summed E-state index contributed by atoms with van der Waals surface area (Å²) in [5, 5.41) is 0. The molecule has 2 rings (SSSR count). The van der Waals surface area contributed by atoms with Crippen molar-refractivity contribution in [2.45, 2.75) is 19.4 Å². The van der Waals surface area contributed by atoms with E-state index in [1.165, 1.54) is 24.9 Å². The summed E-state index contributed by atoms with van der Waals surface area (Å²) in [7, 11) is 0. The molecule has 0 heterocycles. The van der Waals surface area contributed by atoms with Gasteiger partial charge in [0, 0.05) is 26.2 Å². The van der Waals surface area contributed by atoms with Crippen LogP contribution in [-0.2, 0) is 6.54 Å². The fourth-order valence-corrected chi connectivity index (χ4v) is 1.92. The number of hydrogen-bond acceptors (Lipinski definition) is 2. The number of halogens is 1. The summed E-state index contributed by atoms with van der Waals surface area (Å²) in [5.74, 6) is 0.945. The van der Waals surface area contributed by atoms with E-state index in [9.17, 15) is 0 Å². The maximum atomic E-state index is 5.64. The smallest absolute Gasteiger partial charge is 0.0234 e. The molecular formula is C13H21ClN2. The maximum absolute atomic E-state index is 5.64. The van der Waals surface area contributed by atoms with Gasteiger partial charge in [0.25, 0.3) is 0 Å². The SMILES string of the molecule is Cl.NCCN(Cc1ccccc1)CC1CC1. The minimum atomic E-state index is 0. The average Bonchev–Trinajstić information content (AvgIpc) is 3.03. The van der Waals surface area contributed by atoms with Gasteiger partial charge in [-0.2, -0.15) is 0 Å². The fraction of sp³-hybridized carbons (Fsp3) is 0.538. The highest BCUT2D eigenvalue weighted by Crippen LogP contribution is 2.29. The van der Waals surface area contributed by atoms with Crippen molar-refractivity contribution >= 4 is 12.4 Å². The van der Waals surface area contributed by atoms with Gasteiger partial charge in [-0.25, -0.2) is 0 Å². The van der Waals surface area contributed by atoms with Crippen molar-refractivity contribution in [3.63, 3.8) is 0 Å². The lowest BCUT2D eigenvalue weighted by atomic mass is 10.2. The van der Waals surface area contributed by atoms with Gasteiger partial charge in [0.1, 0.15) is 0 Å². The Morgan fingerprint density at radius 1 is 1.19 bits per heavy atom. The van der Waals surface area contributed by atoms with E-state index in [1.54, 1.807) is 0 Å². The van der Waals surface area contributed by atoms with E-state index in [-0.39, 0.29) is 12.4 Å². The van der Waals surface area contributed by atoms with Crippen molar-refractivity contribution < 1.29 is 0 Å². The van der Waals surface area contributed by atoms with Crippen LogP contribution in [0.5, 0.6) is 0 Å². The molecule has 0 aromatic heterocycles. The molecule has 1 aromatic rings. The predicted molar refractivity (Wildman–Crippen MR) is 70.7 cm³/mol. The fourth-order valence-electron chi connectivity index (χ4n) is 1.92. The molecule has 0 unspecified atom stereocenters. The number of nitrogens with zero attached hydrogens (tertiary/aromatic N) is 1. The van der Waals surface area contributed by atoms with Gasteiger partial charge in [-0.1, -0.05) is 30.3 Å². The summed E-state index contributed by atoms with van der Waals surface area (Å²) in [4.78, 5) is 2.48. The molecule has 2 nitrogen and oxygen atoms in total. The number of rotatable bonds is 6. The molecule has 0 amide bonds. The first-order valence-corrected chi connectivity index (χ1v) is 5.85. The Labute approximate surface area is 104 Å². The summed E-state index contributed by atoms with van der Waals surface area (Å²) in [5.41, 5.74) is 7.03. The number of benzene rings is 1. The van der Waals surface area contributed by atoms with E-state index in [0.717, 1.165) is 25.6 Å². The lowest BCUT2D eigenvalue weighted by Crippen LogP contribution is -2.30. The Morgan fingerprint density at radius 3 is 2.44 bits per heavy atom. The first-order chi connectivity index (χ1) is 7.38. The first-order valence-electron chi connectivity index (χ1n) is 5.85. The van der Waals surface area contributed by atoms with Gasteiger partial charge in [-0.15, -0.1) is 12.4 Å². The quantitative estimate of drug-likeness (QED) is 0.827. The second kappa shape index (κ2) is 6.89. The van der Waals surface area contributed by atoms with Crippen LogP contribution < -0.4 is 5.73 Å². The molecule has 16 heavy (non-hydrogen) atoms. The Balaban J connectivity index is 0.00000128. The van der Waals surface area contributed by atoms with Crippen molar-refractivity contribution in [1.82, 2.24) is 4.90 Å². The van der Waals surface area contributed by atoms with Crippen LogP contribution in [0.4, 0.5) is 0 Å². The molecule has 3 heteroatoms. The monoisotopic (exact) mass is 240 g/mol. The third-order valence-corrected chi connectivity index (χ3v) is 2.91. The zero-order valence-corrected chi connectivity index (χ0v) is 10.5. The third-order valence-electron chi connectivity index (χ3n) is 2.91. The summed E-state index contributed by atoms with van der Waals surface area (Å²) < 4.78 is 0. The lowest BCUT2D eigenvalue weighted by molar-refractivity contribution is 0.262. The van der Waals surface area contributed by atoms with Crippen LogP contribution in [0.15, 0.2) is 30.3 Å². The van der Waals surface area contributed by atoms with Crippen molar-refractivity contribution in [3.05, 3.63) is 35.9 Å². The highest BCUT2D eigenvalue weighted by molar-refractivity contribution is 5.85. The molecular weight excluding hydrogens is 220 g/mol. The Morgan fingerprint density at radius 2 is 1.88 bits per heavy atom. The number of nitrogens with two attached hydrogens (primary N) is 1. The molecule has 1 fully saturated rings. The van der Waals surface area contributed by atoms with Gasteiger partial charge < -0.3 is 5.73 Å². The van der Waals surface area contributed by atoms with E-state index in [2.05, 4.69) is 35.2 Å². The van der Waals surface area contributed by atoms with Gasteiger partial charge in [0.05, 0.1) is 0 Å². The second-order valence-corrected chi connectivity index (χ2v) is 4.45. The summed E-state index contributed by atoms with van der Waals surface area (Å²) >= 11 is 0. The van der Waals surface area contributed by atoms with Gasteiger partial charge in [0.15, 0.2) is 0 Å². The van der Waals surface area contributed by atoms with Gasteiger partial charge >= 0.3 is 0 Å². The lowest BCUT2D eigenvalue weighted by Gasteiger charge is -2.21. The molecule has 0 saturated heterocycles. The summed E-state index contributed by atoms with van der Waals surface area (Å²) in [6.07, 6.45) is 2.83. The summed E-state index contributed by atoms with van der Waals surface area (Å²) in [6.45, 7) is 4.06. The van der Waals surface area contributed by atoms with E-state index >= 15 is 0 Å². The molecule has 0 radical (unpaired) electrons. The normalized spacial score (nSPS) is 14.9. The first kappa shape index (κ1) is 13.5. The van der Waals surface area contributed by atoms with Crippen molar-refractivity contribution in [3.8, 4) is 0 Å². The minimum Gasteiger partial charge on any atom is -0.329 e. The Kier molecular flexibility index (Phi) is 5.81. The van der Waals surface area contributed by atoms with E-state index in [4.69, 9.17) is 5.73 Å². The molecule has 1 aliphatic rings. The molecule has 1 aromatic carbocycles. The zero-order chi connectivity index (χ0) is 10.5. The largest absolute Gasteiger partial charge is 0.329 e. The van der Waals surface area contributed by atoms with Gasteiger partial charge in [-0.3, -0.25) is 4.90 Å². The van der Waals surface area contributed by atoms with Crippen molar-refractivity contribution in [1.29, 1.82) is 0 Å². The van der Waals surface area contributed by atoms with Crippen molar-refractivity contribution in [2.75, 3.05) is 19.6 Å². The predicted octanol–water partition coefficient (Wildman–Crippen LogP) is 2.28. The van der Waals surface area contributed by atoms with E-state index in [1.807, 2.05) is 0 Å². The molecule has 90 valence electrons. The molecule has 0 atom stereocenters. The third kappa shape index (κ3) is 4.52. The van der Waals surface area contributed by atoms with Crippen LogP contribution >= 0.6 is 12.4 Å². The topological polar surface area (TPSA) is 29.3 Å². The second-order valence-electron chi connectivity index (χ2n) is 4.45. The molecule has 0 bridgehead atoms. The van der Waals surface area contributed by atoms with E-state index in [0.29, 0.717) is 0 Å². The van der Waals surface area contributed by atoms with Crippen LogP contribution in [0, 0.1) is 5.92 Å². The van der Waals surface area contributed by atoms with E-state index < -0.39 is 0 Å². The van der Waals surface area contributed by atoms with Crippen molar-refractivity contribution in [2.24, 2.45) is 11.7 Å². The maximum Gasteiger partial charge on any atom is 0.0234 e. The van der Waals surface area contributed by atoms with Gasteiger partial charge in [-0.05, 0) is 24.3 Å². The Bertz CT molecular complexity index is 285. The standard InChI is InChI=1S/C13H20N2.ClH/c14-8-9-15(11-13-6-7-13)10-12-4-2-1-3-5-12;/h1-5,13H,6-11,14H2;1H. The minimum absolute atomic E-state index is 0. The van der Waals surface area contributed by atoms with Crippen LogP contribution in [0.3, 0.4) is 0 Å². The van der Waals surface area contributed by atoms with Crippen LogP contribution in [-0.4, -0.2) is 24.5 Å². The molecule has 0 spiro atoms. The molecule has 2 N–H and O–H groups in total. The molecule has 1 aliphatic carbocycles. The zero-order valence-electron chi connectivity index (χ0n) is 9.64. The highest BCUT2D eigenvalue weighted by Gasteiger charge is 2.23. The van der Waals surface area contributed by atoms with Crippen LogP contribution in [0.2, 0.25) is 0 Å². The average molecular weight is 241 g/mol. The summed E-state index contributed by atoms with van der Waals surface area (Å²) in [6, 6.07) is 10.7. The molecule has 1 saturated carbocycles. The highest BCUT2D eigenvalue weighted by atomic mass is 35.5. The molecule has 0 aliphatic heterocycles. The van der Waals surface area contributed by atoms with Gasteiger partial charge in [0.2, 0.25) is 0 Å². The Hall–Kier alpha value is -0.570. The number of hydrogen-bond donors (Lipinski definition) is 1.